The normalized spacial score (nSPS) is 11.1. The van der Waals surface area contributed by atoms with Gasteiger partial charge in [-0.1, -0.05) is 43.1 Å². The molecule has 38 heavy (non-hydrogen) atoms. The zero-order valence-electron chi connectivity index (χ0n) is 22.3. The van der Waals surface area contributed by atoms with Crippen LogP contribution in [0.15, 0.2) is 66.7 Å². The van der Waals surface area contributed by atoms with Crippen LogP contribution in [0.3, 0.4) is 0 Å². The van der Waals surface area contributed by atoms with Gasteiger partial charge in [0.05, 0.1) is 5.56 Å². The molecule has 0 atom stereocenters. The zero-order chi connectivity index (χ0) is 27.7. The van der Waals surface area contributed by atoms with E-state index in [1.807, 2.05) is 18.2 Å². The van der Waals surface area contributed by atoms with E-state index in [1.54, 1.807) is 62.4 Å². The van der Waals surface area contributed by atoms with Crippen molar-refractivity contribution in [2.24, 2.45) is 0 Å². The topological polar surface area (TPSA) is 81.7 Å². The average Bonchev–Trinajstić information content (AvgIpc) is 2.89. The van der Waals surface area contributed by atoms with Gasteiger partial charge in [0.2, 0.25) is 5.60 Å². The van der Waals surface area contributed by atoms with Crippen molar-refractivity contribution < 1.29 is 23.9 Å². The molecule has 0 saturated carbocycles. The Morgan fingerprint density at radius 1 is 0.895 bits per heavy atom. The Kier molecular flexibility index (Phi) is 10.1. The summed E-state index contributed by atoms with van der Waals surface area (Å²) in [5.74, 6) is -0.191. The molecule has 0 fully saturated rings. The average molecular weight is 536 g/mol. The van der Waals surface area contributed by atoms with Crippen molar-refractivity contribution in [3.63, 3.8) is 0 Å². The van der Waals surface area contributed by atoms with Crippen molar-refractivity contribution in [2.45, 2.75) is 59.0 Å². The molecule has 1 N–H and O–H groups in total. The molecule has 6 nitrogen and oxygen atoms in total. The van der Waals surface area contributed by atoms with E-state index in [4.69, 9.17) is 21.1 Å². The van der Waals surface area contributed by atoms with Crippen LogP contribution in [-0.2, 0) is 17.6 Å². The highest BCUT2D eigenvalue weighted by atomic mass is 35.5. The number of hydrogen-bond acceptors (Lipinski definition) is 5. The largest absolute Gasteiger partial charge is 0.476 e. The first-order valence-electron chi connectivity index (χ1n) is 12.8. The SMILES string of the molecule is CCCCc1ccc(OC(=O)C(C)(C)Oc2ccc(CCNC(=O)c3ccc(Cl)cc3)cc2)c(C(C)=O)c1. The van der Waals surface area contributed by atoms with Crippen LogP contribution in [0.4, 0.5) is 0 Å². The van der Waals surface area contributed by atoms with Crippen molar-refractivity contribution >= 4 is 29.3 Å². The highest BCUT2D eigenvalue weighted by Crippen LogP contribution is 2.26. The number of Topliss-reactive ketones (excluding diaryl/α,β-unsaturated/α-hetero) is 1. The van der Waals surface area contributed by atoms with Gasteiger partial charge in [-0.05, 0) is 99.7 Å². The minimum Gasteiger partial charge on any atom is -0.476 e. The molecule has 200 valence electrons. The fraction of sp³-hybridized carbons (Fsp3) is 0.323. The number of benzene rings is 3. The number of amides is 1. The first-order valence-corrected chi connectivity index (χ1v) is 13.1. The lowest BCUT2D eigenvalue weighted by atomic mass is 10.0. The Hall–Kier alpha value is -3.64. The predicted octanol–water partition coefficient (Wildman–Crippen LogP) is 6.62. The molecule has 0 aliphatic carbocycles. The van der Waals surface area contributed by atoms with E-state index >= 15 is 0 Å². The molecule has 0 radical (unpaired) electrons. The van der Waals surface area contributed by atoms with E-state index in [2.05, 4.69) is 12.2 Å². The second-order valence-electron chi connectivity index (χ2n) is 9.65. The van der Waals surface area contributed by atoms with Gasteiger partial charge in [0.15, 0.2) is 5.78 Å². The highest BCUT2D eigenvalue weighted by Gasteiger charge is 2.33. The number of halogens is 1. The second-order valence-corrected chi connectivity index (χ2v) is 10.1. The van der Waals surface area contributed by atoms with Crippen LogP contribution in [0.1, 0.15) is 72.4 Å². The summed E-state index contributed by atoms with van der Waals surface area (Å²) in [7, 11) is 0. The Morgan fingerprint density at radius 3 is 2.18 bits per heavy atom. The standard InChI is InChI=1S/C31H34ClNO5/c1-5-6-7-23-10-17-28(27(20-23)21(2)34)37-30(36)31(3,4)38-26-15-8-22(9-16-26)18-19-33-29(35)24-11-13-25(32)14-12-24/h8-17,20H,5-7,18-19H2,1-4H3,(H,33,35). The van der Waals surface area contributed by atoms with E-state index < -0.39 is 11.6 Å². The maximum Gasteiger partial charge on any atom is 0.355 e. The molecule has 3 aromatic carbocycles. The summed E-state index contributed by atoms with van der Waals surface area (Å²) >= 11 is 5.86. The smallest absolute Gasteiger partial charge is 0.355 e. The van der Waals surface area contributed by atoms with E-state index in [0.717, 1.165) is 30.4 Å². The molecule has 0 aliphatic rings. The van der Waals surface area contributed by atoms with Crippen LogP contribution in [-0.4, -0.2) is 29.8 Å². The van der Waals surface area contributed by atoms with Crippen molar-refractivity contribution in [1.29, 1.82) is 0 Å². The first kappa shape index (κ1) is 28.9. The molecular formula is C31H34ClNO5. The molecule has 0 unspecified atom stereocenters. The molecule has 7 heteroatoms. The fourth-order valence-corrected chi connectivity index (χ4v) is 3.91. The number of carbonyl (C=O) groups excluding carboxylic acids is 3. The maximum atomic E-state index is 13.0. The number of carbonyl (C=O) groups is 3. The number of rotatable bonds is 12. The summed E-state index contributed by atoms with van der Waals surface area (Å²) in [5.41, 5.74) is 1.69. The van der Waals surface area contributed by atoms with Crippen LogP contribution in [0.25, 0.3) is 0 Å². The molecule has 0 aliphatic heterocycles. The third-order valence-corrected chi connectivity index (χ3v) is 6.29. The van der Waals surface area contributed by atoms with Crippen molar-refractivity contribution in [3.05, 3.63) is 94.0 Å². The number of unbranched alkanes of at least 4 members (excludes halogenated alkanes) is 1. The van der Waals surface area contributed by atoms with Crippen LogP contribution >= 0.6 is 11.6 Å². The van der Waals surface area contributed by atoms with Crippen LogP contribution < -0.4 is 14.8 Å². The lowest BCUT2D eigenvalue weighted by Gasteiger charge is -2.25. The second kappa shape index (κ2) is 13.2. The molecule has 3 aromatic rings. The predicted molar refractivity (Wildman–Crippen MR) is 149 cm³/mol. The summed E-state index contributed by atoms with van der Waals surface area (Å²) in [4.78, 5) is 37.4. The van der Waals surface area contributed by atoms with Gasteiger partial charge in [-0.2, -0.15) is 0 Å². The Morgan fingerprint density at radius 2 is 1.55 bits per heavy atom. The monoisotopic (exact) mass is 535 g/mol. The molecule has 0 spiro atoms. The van der Waals surface area contributed by atoms with Crippen LogP contribution in [0.5, 0.6) is 11.5 Å². The fourth-order valence-electron chi connectivity index (χ4n) is 3.78. The van der Waals surface area contributed by atoms with Crippen molar-refractivity contribution in [1.82, 2.24) is 5.32 Å². The molecule has 0 aromatic heterocycles. The minimum atomic E-state index is -1.29. The van der Waals surface area contributed by atoms with E-state index in [9.17, 15) is 14.4 Å². The van der Waals surface area contributed by atoms with Gasteiger partial charge in [0.1, 0.15) is 11.5 Å². The first-order chi connectivity index (χ1) is 18.1. The van der Waals surface area contributed by atoms with E-state index in [-0.39, 0.29) is 17.4 Å². The zero-order valence-corrected chi connectivity index (χ0v) is 23.1. The summed E-state index contributed by atoms with van der Waals surface area (Å²) in [5, 5.41) is 3.47. The third kappa shape index (κ3) is 8.18. The summed E-state index contributed by atoms with van der Waals surface area (Å²) < 4.78 is 11.6. The quantitative estimate of drug-likeness (QED) is 0.160. The maximum absolute atomic E-state index is 13.0. The number of ketones is 1. The number of hydrogen-bond donors (Lipinski definition) is 1. The molecular weight excluding hydrogens is 502 g/mol. The number of esters is 1. The van der Waals surface area contributed by atoms with Crippen molar-refractivity contribution in [3.8, 4) is 11.5 Å². The number of aryl methyl sites for hydroxylation is 1. The van der Waals surface area contributed by atoms with Crippen molar-refractivity contribution in [2.75, 3.05) is 6.54 Å². The lowest BCUT2D eigenvalue weighted by molar-refractivity contribution is -0.149. The Bertz CT molecular complexity index is 1270. The molecule has 0 saturated heterocycles. The summed E-state index contributed by atoms with van der Waals surface area (Å²) in [6.45, 7) is 7.29. The third-order valence-electron chi connectivity index (χ3n) is 6.04. The van der Waals surface area contributed by atoms with Gasteiger partial charge in [-0.3, -0.25) is 9.59 Å². The van der Waals surface area contributed by atoms with Gasteiger partial charge in [0, 0.05) is 17.1 Å². The molecule has 0 heterocycles. The van der Waals surface area contributed by atoms with E-state index in [1.165, 1.54) is 6.92 Å². The van der Waals surface area contributed by atoms with Gasteiger partial charge >= 0.3 is 5.97 Å². The molecule has 1 amide bonds. The van der Waals surface area contributed by atoms with Gasteiger partial charge in [-0.15, -0.1) is 0 Å². The Labute approximate surface area is 229 Å². The molecule has 3 rings (SSSR count). The number of nitrogens with one attached hydrogen (secondary N) is 1. The van der Waals surface area contributed by atoms with Gasteiger partial charge in [-0.25, -0.2) is 4.79 Å². The Balaban J connectivity index is 1.56. The van der Waals surface area contributed by atoms with Gasteiger partial charge in [0.25, 0.3) is 5.91 Å². The van der Waals surface area contributed by atoms with E-state index in [0.29, 0.717) is 34.9 Å². The lowest BCUT2D eigenvalue weighted by Crippen LogP contribution is -2.41. The summed E-state index contributed by atoms with van der Waals surface area (Å²) in [6, 6.07) is 19.4. The van der Waals surface area contributed by atoms with Crippen LogP contribution in [0, 0.1) is 0 Å². The molecule has 0 bridgehead atoms. The number of ether oxygens (including phenoxy) is 2. The minimum absolute atomic E-state index is 0.162. The van der Waals surface area contributed by atoms with Gasteiger partial charge < -0.3 is 14.8 Å². The highest BCUT2D eigenvalue weighted by molar-refractivity contribution is 6.30. The summed E-state index contributed by atoms with van der Waals surface area (Å²) in [6.07, 6.45) is 3.57. The van der Waals surface area contributed by atoms with Crippen LogP contribution in [0.2, 0.25) is 5.02 Å².